The second-order valence-corrected chi connectivity index (χ2v) is 4.62. The van der Waals surface area contributed by atoms with Crippen LogP contribution in [0.4, 0.5) is 0 Å². The lowest BCUT2D eigenvalue weighted by atomic mass is 10.2. The summed E-state index contributed by atoms with van der Waals surface area (Å²) in [6.45, 7) is 9.00. The molecule has 0 aromatic heterocycles. The number of halogens is 1. The zero-order valence-electron chi connectivity index (χ0n) is 11.4. The summed E-state index contributed by atoms with van der Waals surface area (Å²) < 4.78 is 5.70. The van der Waals surface area contributed by atoms with E-state index >= 15 is 0 Å². The molecule has 0 aliphatic rings. The van der Waals surface area contributed by atoms with Crippen molar-refractivity contribution in [3.05, 3.63) is 28.8 Å². The van der Waals surface area contributed by atoms with Gasteiger partial charge in [-0.15, -0.1) is 0 Å². The molecule has 0 bridgehead atoms. The molecular weight excluding hydrogens is 250 g/mol. The van der Waals surface area contributed by atoms with Crippen LogP contribution in [0.2, 0.25) is 5.02 Å². The fourth-order valence-corrected chi connectivity index (χ4v) is 2.00. The molecule has 1 amide bonds. The molecule has 3 nitrogen and oxygen atoms in total. The number of nitrogens with zero attached hydrogens (tertiary/aromatic N) is 1. The number of carbonyl (C=O) groups is 1. The number of hydrogen-bond acceptors (Lipinski definition) is 2. The molecule has 0 N–H and O–H groups in total. The highest BCUT2D eigenvalue weighted by Crippen LogP contribution is 2.23. The molecular formula is C14H20ClNO2. The summed E-state index contributed by atoms with van der Waals surface area (Å²) in [5.41, 5.74) is 0.932. The Morgan fingerprint density at radius 2 is 2.00 bits per heavy atom. The van der Waals surface area contributed by atoms with Gasteiger partial charge in [0.25, 0.3) is 5.91 Å². The number of amides is 1. The van der Waals surface area contributed by atoms with Crippen molar-refractivity contribution in [1.82, 2.24) is 4.90 Å². The molecule has 0 heterocycles. The van der Waals surface area contributed by atoms with Gasteiger partial charge in [-0.1, -0.05) is 11.6 Å². The monoisotopic (exact) mass is 269 g/mol. The molecule has 100 valence electrons. The fourth-order valence-electron chi connectivity index (χ4n) is 1.78. The predicted octanol–water partition coefficient (Wildman–Crippen LogP) is 3.28. The molecule has 1 unspecified atom stereocenters. The maximum atomic E-state index is 12.1. The zero-order chi connectivity index (χ0) is 13.7. The summed E-state index contributed by atoms with van der Waals surface area (Å²) in [4.78, 5) is 13.8. The highest BCUT2D eigenvalue weighted by atomic mass is 35.5. The van der Waals surface area contributed by atoms with E-state index in [1.807, 2.05) is 26.8 Å². The van der Waals surface area contributed by atoms with Gasteiger partial charge in [-0.25, -0.2) is 0 Å². The lowest BCUT2D eigenvalue weighted by Gasteiger charge is -2.24. The molecule has 1 rings (SSSR count). The first-order valence-corrected chi connectivity index (χ1v) is 6.59. The van der Waals surface area contributed by atoms with Crippen LogP contribution in [0.3, 0.4) is 0 Å². The lowest BCUT2D eigenvalue weighted by Crippen LogP contribution is -2.40. The number of benzene rings is 1. The van der Waals surface area contributed by atoms with E-state index in [1.165, 1.54) is 0 Å². The normalized spacial score (nSPS) is 12.1. The molecule has 0 saturated carbocycles. The van der Waals surface area contributed by atoms with Crippen LogP contribution in [-0.2, 0) is 4.79 Å². The van der Waals surface area contributed by atoms with Crippen LogP contribution in [0.5, 0.6) is 5.75 Å². The second kappa shape index (κ2) is 6.64. The summed E-state index contributed by atoms with van der Waals surface area (Å²) in [5.74, 6) is 0.710. The third kappa shape index (κ3) is 3.64. The number of ether oxygens (including phenoxy) is 1. The molecule has 1 aromatic rings. The van der Waals surface area contributed by atoms with Crippen LogP contribution >= 0.6 is 11.6 Å². The summed E-state index contributed by atoms with van der Waals surface area (Å²) >= 11 is 5.88. The third-order valence-electron chi connectivity index (χ3n) is 2.86. The summed E-state index contributed by atoms with van der Waals surface area (Å²) in [6, 6.07) is 5.38. The topological polar surface area (TPSA) is 29.5 Å². The smallest absolute Gasteiger partial charge is 0.263 e. The van der Waals surface area contributed by atoms with E-state index in [0.29, 0.717) is 23.9 Å². The van der Waals surface area contributed by atoms with Crippen molar-refractivity contribution in [3.63, 3.8) is 0 Å². The van der Waals surface area contributed by atoms with Gasteiger partial charge < -0.3 is 9.64 Å². The Balaban J connectivity index is 2.75. The van der Waals surface area contributed by atoms with Gasteiger partial charge in [-0.05, 0) is 51.5 Å². The van der Waals surface area contributed by atoms with Gasteiger partial charge in [0.15, 0.2) is 6.10 Å². The van der Waals surface area contributed by atoms with Gasteiger partial charge in [0.1, 0.15) is 5.75 Å². The fraction of sp³-hybridized carbons (Fsp3) is 0.500. The Labute approximate surface area is 114 Å². The van der Waals surface area contributed by atoms with Gasteiger partial charge in [0.05, 0.1) is 0 Å². The van der Waals surface area contributed by atoms with Crippen molar-refractivity contribution in [3.8, 4) is 5.75 Å². The third-order valence-corrected chi connectivity index (χ3v) is 3.10. The average molecular weight is 270 g/mol. The predicted molar refractivity (Wildman–Crippen MR) is 74.2 cm³/mol. The zero-order valence-corrected chi connectivity index (χ0v) is 12.1. The number of aryl methyl sites for hydroxylation is 1. The van der Waals surface area contributed by atoms with E-state index in [4.69, 9.17) is 16.3 Å². The summed E-state index contributed by atoms with van der Waals surface area (Å²) in [5, 5.41) is 0.669. The van der Waals surface area contributed by atoms with Gasteiger partial charge in [-0.3, -0.25) is 4.79 Å². The summed E-state index contributed by atoms with van der Waals surface area (Å²) in [7, 11) is 0. The van der Waals surface area contributed by atoms with E-state index < -0.39 is 6.10 Å². The van der Waals surface area contributed by atoms with Crippen LogP contribution in [0, 0.1) is 6.92 Å². The van der Waals surface area contributed by atoms with Crippen LogP contribution in [-0.4, -0.2) is 30.0 Å². The minimum atomic E-state index is -0.482. The maximum Gasteiger partial charge on any atom is 0.263 e. The Morgan fingerprint density at radius 1 is 1.39 bits per heavy atom. The quantitative estimate of drug-likeness (QED) is 0.821. The van der Waals surface area contributed by atoms with Gasteiger partial charge in [-0.2, -0.15) is 0 Å². The highest BCUT2D eigenvalue weighted by molar-refractivity contribution is 6.30. The first kappa shape index (κ1) is 14.8. The van der Waals surface area contributed by atoms with Crippen molar-refractivity contribution in [2.75, 3.05) is 13.1 Å². The molecule has 0 aliphatic heterocycles. The molecule has 0 radical (unpaired) electrons. The number of hydrogen-bond donors (Lipinski definition) is 0. The molecule has 4 heteroatoms. The molecule has 0 aliphatic carbocycles. The molecule has 0 fully saturated rings. The number of likely N-dealkylation sites (N-methyl/N-ethyl adjacent to an activating group) is 1. The van der Waals surface area contributed by atoms with E-state index in [0.717, 1.165) is 5.56 Å². The van der Waals surface area contributed by atoms with E-state index in [2.05, 4.69) is 0 Å². The van der Waals surface area contributed by atoms with Crippen molar-refractivity contribution < 1.29 is 9.53 Å². The lowest BCUT2D eigenvalue weighted by molar-refractivity contribution is -0.137. The second-order valence-electron chi connectivity index (χ2n) is 4.18. The van der Waals surface area contributed by atoms with Crippen LogP contribution < -0.4 is 4.74 Å². The molecule has 18 heavy (non-hydrogen) atoms. The maximum absolute atomic E-state index is 12.1. The average Bonchev–Trinajstić information content (AvgIpc) is 2.34. The van der Waals surface area contributed by atoms with E-state index in [9.17, 15) is 4.79 Å². The van der Waals surface area contributed by atoms with Crippen molar-refractivity contribution in [2.45, 2.75) is 33.8 Å². The van der Waals surface area contributed by atoms with Crippen LogP contribution in [0.25, 0.3) is 0 Å². The summed E-state index contributed by atoms with van der Waals surface area (Å²) in [6.07, 6.45) is -0.482. The SMILES string of the molecule is CCN(CC)C(=O)C(C)Oc1ccc(Cl)cc1C. The Morgan fingerprint density at radius 3 is 2.50 bits per heavy atom. The van der Waals surface area contributed by atoms with Crippen LogP contribution in [0.15, 0.2) is 18.2 Å². The Bertz CT molecular complexity index is 416. The highest BCUT2D eigenvalue weighted by Gasteiger charge is 2.20. The molecule has 1 atom stereocenters. The minimum absolute atomic E-state index is 0.00866. The van der Waals surface area contributed by atoms with Crippen molar-refractivity contribution in [1.29, 1.82) is 0 Å². The standard InChI is InChI=1S/C14H20ClNO2/c1-5-16(6-2)14(17)11(4)18-13-8-7-12(15)9-10(13)3/h7-9,11H,5-6H2,1-4H3. The van der Waals surface area contributed by atoms with E-state index in [1.54, 1.807) is 24.0 Å². The van der Waals surface area contributed by atoms with Crippen LogP contribution in [0.1, 0.15) is 26.3 Å². The van der Waals surface area contributed by atoms with Gasteiger partial charge >= 0.3 is 0 Å². The largest absolute Gasteiger partial charge is 0.481 e. The minimum Gasteiger partial charge on any atom is -0.481 e. The Kier molecular flexibility index (Phi) is 5.48. The first-order chi connectivity index (χ1) is 8.49. The number of rotatable bonds is 5. The van der Waals surface area contributed by atoms with Crippen molar-refractivity contribution >= 4 is 17.5 Å². The Hall–Kier alpha value is -1.22. The molecule has 0 spiro atoms. The van der Waals surface area contributed by atoms with Gasteiger partial charge in [0, 0.05) is 18.1 Å². The van der Waals surface area contributed by atoms with Gasteiger partial charge in [0.2, 0.25) is 0 Å². The van der Waals surface area contributed by atoms with E-state index in [-0.39, 0.29) is 5.91 Å². The molecule has 0 saturated heterocycles. The van der Waals surface area contributed by atoms with Crippen molar-refractivity contribution in [2.24, 2.45) is 0 Å². The molecule has 1 aromatic carbocycles. The number of carbonyl (C=O) groups excluding carboxylic acids is 1. The first-order valence-electron chi connectivity index (χ1n) is 6.21.